The highest BCUT2D eigenvalue weighted by Crippen LogP contribution is 2.12. The van der Waals surface area contributed by atoms with Gasteiger partial charge < -0.3 is 4.74 Å². The van der Waals surface area contributed by atoms with E-state index < -0.39 is 0 Å². The summed E-state index contributed by atoms with van der Waals surface area (Å²) in [4.78, 5) is 0. The predicted octanol–water partition coefficient (Wildman–Crippen LogP) is 1.26. The van der Waals surface area contributed by atoms with Crippen LogP contribution in [0.2, 0.25) is 0 Å². The van der Waals surface area contributed by atoms with Gasteiger partial charge in [0.25, 0.3) is 0 Å². The van der Waals surface area contributed by atoms with Crippen LogP contribution in [0.3, 0.4) is 0 Å². The lowest BCUT2D eigenvalue weighted by Gasteiger charge is -1.91. The number of rotatable bonds is 1. The number of aryl methyl sites for hydroxylation is 1. The minimum absolute atomic E-state index is 0.701. The van der Waals surface area contributed by atoms with Gasteiger partial charge in [-0.25, -0.2) is 0 Å². The molecule has 0 aliphatic carbocycles. The molecule has 1 unspecified atom stereocenters. The van der Waals surface area contributed by atoms with Gasteiger partial charge in [0, 0.05) is 12.6 Å². The lowest BCUT2D eigenvalue weighted by molar-refractivity contribution is 0.389. The van der Waals surface area contributed by atoms with Crippen LogP contribution in [0, 0.1) is 6.92 Å². The third kappa shape index (κ3) is 2.21. The molecule has 1 atom stereocenters. The average Bonchev–Trinajstić information content (AvgIpc) is 2.36. The fourth-order valence-corrected chi connectivity index (χ4v) is 0.992. The van der Waals surface area contributed by atoms with Gasteiger partial charge in [0.1, 0.15) is 0 Å². The zero-order valence-electron chi connectivity index (χ0n) is 8.38. The molecule has 0 N–H and O–H groups in total. The molecule has 70 valence electrons. The zero-order chi connectivity index (χ0) is 9.72. The van der Waals surface area contributed by atoms with Crippen LogP contribution in [0.5, 0.6) is 5.88 Å². The number of hydrogen-bond donors (Lipinski definition) is 0. The van der Waals surface area contributed by atoms with Crippen LogP contribution in [0.1, 0.15) is 19.4 Å². The molecule has 0 radical (unpaired) electrons. The Hall–Kier alpha value is -0.560. The quantitative estimate of drug-likeness (QED) is 0.620. The molecular weight excluding hydrogens is 171 g/mol. The van der Waals surface area contributed by atoms with Crippen LogP contribution in [-0.4, -0.2) is 16.9 Å². The molecule has 0 aliphatic heterocycles. The van der Waals surface area contributed by atoms with Crippen molar-refractivity contribution in [1.29, 1.82) is 0 Å². The molecule has 0 bridgehead atoms. The van der Waals surface area contributed by atoms with E-state index in [2.05, 4.69) is 14.3 Å². The summed E-state index contributed by atoms with van der Waals surface area (Å²) in [5.74, 6) is 0.701. The third-order valence-corrected chi connectivity index (χ3v) is 2.29. The number of aromatic nitrogens is 2. The predicted molar refractivity (Wildman–Crippen MR) is 55.2 cm³/mol. The van der Waals surface area contributed by atoms with Crippen molar-refractivity contribution in [3.05, 3.63) is 5.56 Å². The zero-order valence-corrected chi connectivity index (χ0v) is 9.53. The van der Waals surface area contributed by atoms with Gasteiger partial charge in [-0.1, -0.05) is 23.1 Å². The average molecular weight is 188 g/mol. The Morgan fingerprint density at radius 2 is 1.92 bits per heavy atom. The number of hydrogen-bond acceptors (Lipinski definition) is 2. The van der Waals surface area contributed by atoms with Crippen LogP contribution >= 0.6 is 9.24 Å². The second-order valence-electron chi connectivity index (χ2n) is 2.14. The monoisotopic (exact) mass is 188 g/mol. The first-order valence-electron chi connectivity index (χ1n) is 4.00. The Labute approximate surface area is 76.3 Å². The standard InChI is InChI=1S/C6H11N2OP.C2H6/c1-4-5(9-3)7-8(2)6(4)10;1-2/h10H2,1-3H3;1-2H3. The topological polar surface area (TPSA) is 27.1 Å². The molecule has 0 aromatic carbocycles. The molecule has 1 rings (SSSR count). The number of nitrogens with zero attached hydrogens (tertiary/aromatic N) is 2. The molecule has 4 heteroatoms. The van der Waals surface area contributed by atoms with E-state index in [1.165, 1.54) is 0 Å². The number of ether oxygens (including phenoxy) is 1. The van der Waals surface area contributed by atoms with Gasteiger partial charge >= 0.3 is 0 Å². The maximum Gasteiger partial charge on any atom is 0.236 e. The van der Waals surface area contributed by atoms with Crippen molar-refractivity contribution >= 4 is 14.7 Å². The number of methoxy groups -OCH3 is 1. The van der Waals surface area contributed by atoms with Crippen LogP contribution < -0.4 is 10.2 Å². The molecular formula is C8H17N2OP. The van der Waals surface area contributed by atoms with E-state index in [0.29, 0.717) is 5.88 Å². The summed E-state index contributed by atoms with van der Waals surface area (Å²) in [6, 6.07) is 0. The molecule has 0 amide bonds. The molecule has 0 saturated heterocycles. The van der Waals surface area contributed by atoms with E-state index in [4.69, 9.17) is 4.74 Å². The molecule has 1 aromatic rings. The smallest absolute Gasteiger partial charge is 0.236 e. The highest BCUT2D eigenvalue weighted by Gasteiger charge is 2.06. The van der Waals surface area contributed by atoms with E-state index in [1.54, 1.807) is 11.8 Å². The van der Waals surface area contributed by atoms with Crippen LogP contribution in [0.4, 0.5) is 0 Å². The van der Waals surface area contributed by atoms with Crippen LogP contribution in [-0.2, 0) is 7.05 Å². The highest BCUT2D eigenvalue weighted by atomic mass is 31.0. The lowest BCUT2D eigenvalue weighted by atomic mass is 10.4. The lowest BCUT2D eigenvalue weighted by Crippen LogP contribution is -2.06. The van der Waals surface area contributed by atoms with Crippen molar-refractivity contribution in [2.24, 2.45) is 7.05 Å². The first-order valence-corrected chi connectivity index (χ1v) is 4.57. The summed E-state index contributed by atoms with van der Waals surface area (Å²) >= 11 is 0. The minimum Gasteiger partial charge on any atom is -0.480 e. The fraction of sp³-hybridized carbons (Fsp3) is 0.625. The maximum atomic E-state index is 5.00. The fourth-order valence-electron chi connectivity index (χ4n) is 0.811. The molecule has 12 heavy (non-hydrogen) atoms. The normalized spacial score (nSPS) is 8.83. The van der Waals surface area contributed by atoms with Gasteiger partial charge in [0.2, 0.25) is 5.88 Å². The molecule has 1 heterocycles. The molecule has 0 saturated carbocycles. The Balaban J connectivity index is 0.000000561. The van der Waals surface area contributed by atoms with Crippen molar-refractivity contribution in [2.45, 2.75) is 20.8 Å². The Bertz CT molecular complexity index is 245. The second-order valence-corrected chi connectivity index (χ2v) is 2.69. The van der Waals surface area contributed by atoms with Crippen molar-refractivity contribution in [1.82, 2.24) is 9.78 Å². The van der Waals surface area contributed by atoms with Crippen molar-refractivity contribution < 1.29 is 4.74 Å². The molecule has 0 aliphatic rings. The van der Waals surface area contributed by atoms with Crippen molar-refractivity contribution in [2.75, 3.05) is 7.11 Å². The van der Waals surface area contributed by atoms with Gasteiger partial charge in [-0.3, -0.25) is 4.68 Å². The van der Waals surface area contributed by atoms with E-state index in [0.717, 1.165) is 11.0 Å². The molecule has 0 spiro atoms. The SMILES string of the molecule is CC.COc1nn(C)c(P)c1C. The van der Waals surface area contributed by atoms with Gasteiger partial charge in [-0.05, 0) is 6.92 Å². The largest absolute Gasteiger partial charge is 0.480 e. The summed E-state index contributed by atoms with van der Waals surface area (Å²) < 4.78 is 6.78. The van der Waals surface area contributed by atoms with Gasteiger partial charge in [0.15, 0.2) is 0 Å². The minimum atomic E-state index is 0.701. The molecule has 3 nitrogen and oxygen atoms in total. The Morgan fingerprint density at radius 1 is 1.42 bits per heavy atom. The first-order chi connectivity index (χ1) is 5.66. The van der Waals surface area contributed by atoms with Crippen LogP contribution in [0.15, 0.2) is 0 Å². The summed E-state index contributed by atoms with van der Waals surface area (Å²) in [6.07, 6.45) is 0. The summed E-state index contributed by atoms with van der Waals surface area (Å²) in [7, 11) is 6.13. The maximum absolute atomic E-state index is 5.00. The molecule has 0 fully saturated rings. The summed E-state index contributed by atoms with van der Waals surface area (Å²) in [6.45, 7) is 5.98. The van der Waals surface area contributed by atoms with E-state index in [9.17, 15) is 0 Å². The summed E-state index contributed by atoms with van der Waals surface area (Å²) in [5.41, 5.74) is 2.15. The highest BCUT2D eigenvalue weighted by molar-refractivity contribution is 7.27. The van der Waals surface area contributed by atoms with Gasteiger partial charge in [-0.2, -0.15) is 0 Å². The van der Waals surface area contributed by atoms with Crippen LogP contribution in [0.25, 0.3) is 0 Å². The van der Waals surface area contributed by atoms with Crippen molar-refractivity contribution in [3.63, 3.8) is 0 Å². The summed E-state index contributed by atoms with van der Waals surface area (Å²) in [5, 5.41) is 4.10. The Morgan fingerprint density at radius 3 is 2.08 bits per heavy atom. The third-order valence-electron chi connectivity index (χ3n) is 1.49. The van der Waals surface area contributed by atoms with Gasteiger partial charge in [-0.15, -0.1) is 5.10 Å². The van der Waals surface area contributed by atoms with E-state index >= 15 is 0 Å². The van der Waals surface area contributed by atoms with Gasteiger partial charge in [0.05, 0.1) is 12.5 Å². The Kier molecular flexibility index (Phi) is 4.91. The van der Waals surface area contributed by atoms with Crippen molar-refractivity contribution in [3.8, 4) is 5.88 Å². The second kappa shape index (κ2) is 5.15. The first kappa shape index (κ1) is 11.4. The van der Waals surface area contributed by atoms with E-state index in [1.807, 2.05) is 27.8 Å². The molecule has 1 aromatic heterocycles. The van der Waals surface area contributed by atoms with E-state index in [-0.39, 0.29) is 0 Å².